The van der Waals surface area contributed by atoms with Gasteiger partial charge in [-0.15, -0.1) is 11.3 Å². The summed E-state index contributed by atoms with van der Waals surface area (Å²) in [6, 6.07) is 10.3. The number of carbonyl (C=O) groups excluding carboxylic acids is 1. The topological polar surface area (TPSA) is 66.3 Å². The Bertz CT molecular complexity index is 1210. The second-order valence-electron chi connectivity index (χ2n) is 8.43. The van der Waals surface area contributed by atoms with Gasteiger partial charge in [-0.2, -0.15) is 0 Å². The third kappa shape index (κ3) is 3.40. The van der Waals surface area contributed by atoms with Crippen LogP contribution in [0.15, 0.2) is 52.6 Å². The van der Waals surface area contributed by atoms with Crippen LogP contribution >= 0.6 is 27.3 Å². The maximum absolute atomic E-state index is 13.5. The van der Waals surface area contributed by atoms with Crippen molar-refractivity contribution in [3.8, 4) is 16.9 Å². The zero-order valence-corrected chi connectivity index (χ0v) is 19.7. The highest BCUT2D eigenvalue weighted by molar-refractivity contribution is 9.10. The molecule has 0 saturated carbocycles. The van der Waals surface area contributed by atoms with E-state index in [4.69, 9.17) is 10.1 Å². The molecule has 1 aromatic carbocycles. The van der Waals surface area contributed by atoms with Crippen LogP contribution in [0.4, 0.5) is 0 Å². The number of hydrogen-bond acceptors (Lipinski definition) is 5. The molecular formula is C24H22BrN3O2S. The summed E-state index contributed by atoms with van der Waals surface area (Å²) >= 11 is 5.14. The molecule has 2 aliphatic heterocycles. The third-order valence-electron chi connectivity index (χ3n) is 6.40. The highest BCUT2D eigenvalue weighted by Gasteiger charge is 2.49. The fraction of sp³-hybridized carbons (Fsp3) is 0.292. The number of aromatic nitrogens is 1. The van der Waals surface area contributed by atoms with Crippen molar-refractivity contribution in [2.45, 2.75) is 31.1 Å². The van der Waals surface area contributed by atoms with E-state index in [-0.39, 0.29) is 11.8 Å². The average Bonchev–Trinajstić information content (AvgIpc) is 3.42. The first-order valence-electron chi connectivity index (χ1n) is 10.2. The molecule has 5 rings (SSSR count). The summed E-state index contributed by atoms with van der Waals surface area (Å²) in [5, 5.41) is 10.6. The second-order valence-corrected chi connectivity index (χ2v) is 10.3. The number of nitrogens with one attached hydrogen (secondary N) is 1. The summed E-state index contributed by atoms with van der Waals surface area (Å²) in [5.41, 5.74) is 3.75. The van der Waals surface area contributed by atoms with Gasteiger partial charge in [0.1, 0.15) is 11.6 Å². The molecule has 1 unspecified atom stereocenters. The molecule has 1 amide bonds. The Balaban J connectivity index is 1.60. The monoisotopic (exact) mass is 495 g/mol. The smallest absolute Gasteiger partial charge is 0.236 e. The van der Waals surface area contributed by atoms with Crippen LogP contribution in [0.2, 0.25) is 0 Å². The van der Waals surface area contributed by atoms with Gasteiger partial charge < -0.3 is 9.64 Å². The van der Waals surface area contributed by atoms with Crippen LogP contribution in [-0.2, 0) is 16.6 Å². The predicted octanol–water partition coefficient (Wildman–Crippen LogP) is 5.39. The number of amides is 1. The number of benzene rings is 1. The van der Waals surface area contributed by atoms with E-state index >= 15 is 0 Å². The van der Waals surface area contributed by atoms with Gasteiger partial charge in [-0.05, 0) is 56.2 Å². The number of piperidine rings is 1. The Hall–Kier alpha value is -2.51. The number of nitrogens with zero attached hydrogens (tertiary/aromatic N) is 2. The summed E-state index contributed by atoms with van der Waals surface area (Å²) in [6.07, 6.45) is 4.98. The second kappa shape index (κ2) is 7.57. The SMILES string of the molecule is CN1C(=N)C[C@](C)(c2cc(-c3cncc(Br)c3)cs2)C(c2ccc3c(c2)CCO3)C1=O. The van der Waals surface area contributed by atoms with Crippen molar-refractivity contribution in [2.24, 2.45) is 0 Å². The Morgan fingerprint density at radius 1 is 1.26 bits per heavy atom. The minimum absolute atomic E-state index is 0.0308. The largest absolute Gasteiger partial charge is 0.493 e. The summed E-state index contributed by atoms with van der Waals surface area (Å²) in [7, 11) is 1.71. The van der Waals surface area contributed by atoms with Crippen molar-refractivity contribution in [3.63, 3.8) is 0 Å². The number of likely N-dealkylation sites (N-methyl/N-ethyl adjacent to an activating group) is 1. The minimum Gasteiger partial charge on any atom is -0.493 e. The Morgan fingerprint density at radius 2 is 2.10 bits per heavy atom. The summed E-state index contributed by atoms with van der Waals surface area (Å²) in [6.45, 7) is 2.81. The summed E-state index contributed by atoms with van der Waals surface area (Å²) < 4.78 is 6.60. The molecule has 2 aliphatic rings. The lowest BCUT2D eigenvalue weighted by Crippen LogP contribution is -2.51. The Kier molecular flexibility index (Phi) is 4.98. The van der Waals surface area contributed by atoms with Gasteiger partial charge in [0, 0.05) is 52.6 Å². The number of fused-ring (bicyclic) bond motifs is 1. The Labute approximate surface area is 193 Å². The zero-order valence-electron chi connectivity index (χ0n) is 17.3. The Morgan fingerprint density at radius 3 is 2.90 bits per heavy atom. The lowest BCUT2D eigenvalue weighted by atomic mass is 9.66. The van der Waals surface area contributed by atoms with E-state index in [1.165, 1.54) is 4.90 Å². The van der Waals surface area contributed by atoms with Crippen LogP contribution in [0.25, 0.3) is 11.1 Å². The molecule has 3 aromatic rings. The highest BCUT2D eigenvalue weighted by atomic mass is 79.9. The molecule has 1 saturated heterocycles. The predicted molar refractivity (Wildman–Crippen MR) is 126 cm³/mol. The van der Waals surface area contributed by atoms with Crippen molar-refractivity contribution in [3.05, 3.63) is 68.6 Å². The molecule has 7 heteroatoms. The fourth-order valence-electron chi connectivity index (χ4n) is 4.65. The molecule has 1 N–H and O–H groups in total. The number of carbonyl (C=O) groups is 1. The van der Waals surface area contributed by atoms with Gasteiger partial charge in [0.15, 0.2) is 0 Å². The molecular weight excluding hydrogens is 474 g/mol. The van der Waals surface area contributed by atoms with E-state index in [9.17, 15) is 4.79 Å². The quantitative estimate of drug-likeness (QED) is 0.529. The van der Waals surface area contributed by atoms with E-state index in [0.29, 0.717) is 18.9 Å². The van der Waals surface area contributed by atoms with Crippen LogP contribution in [0.5, 0.6) is 5.75 Å². The van der Waals surface area contributed by atoms with Crippen molar-refractivity contribution in [1.29, 1.82) is 5.41 Å². The number of hydrogen-bond donors (Lipinski definition) is 1. The molecule has 31 heavy (non-hydrogen) atoms. The van der Waals surface area contributed by atoms with Gasteiger partial charge in [-0.1, -0.05) is 19.1 Å². The van der Waals surface area contributed by atoms with Crippen LogP contribution in [-0.4, -0.2) is 35.3 Å². The van der Waals surface area contributed by atoms with Crippen LogP contribution in [0, 0.1) is 5.41 Å². The number of ether oxygens (including phenoxy) is 1. The molecule has 0 spiro atoms. The van der Waals surface area contributed by atoms with Crippen molar-refractivity contribution in [2.75, 3.05) is 13.7 Å². The number of thiophene rings is 1. The first kappa shape index (κ1) is 20.4. The van der Waals surface area contributed by atoms with Crippen molar-refractivity contribution in [1.82, 2.24) is 9.88 Å². The maximum atomic E-state index is 13.5. The normalized spacial score (nSPS) is 23.1. The first-order valence-corrected chi connectivity index (χ1v) is 11.8. The van der Waals surface area contributed by atoms with Gasteiger partial charge in [0.2, 0.25) is 5.91 Å². The number of rotatable bonds is 3. The standard InChI is InChI=1S/C24H22BrN3O2S/c1-24(20-9-17(13-31-20)16-8-18(25)12-27-11-16)10-21(26)28(2)23(29)22(24)15-3-4-19-14(7-15)5-6-30-19/h3-4,7-9,11-13,22,26H,5-6,10H2,1-2H3/t22?,24-/m1/s1. The lowest BCUT2D eigenvalue weighted by molar-refractivity contribution is -0.131. The van der Waals surface area contributed by atoms with Gasteiger partial charge in [-0.25, -0.2) is 0 Å². The molecule has 0 bridgehead atoms. The van der Waals surface area contributed by atoms with Gasteiger partial charge >= 0.3 is 0 Å². The van der Waals surface area contributed by atoms with E-state index in [1.54, 1.807) is 24.6 Å². The van der Waals surface area contributed by atoms with Crippen molar-refractivity contribution >= 4 is 39.0 Å². The molecule has 2 aromatic heterocycles. The number of halogens is 1. The molecule has 1 fully saturated rings. The molecule has 158 valence electrons. The van der Waals surface area contributed by atoms with E-state index in [2.05, 4.69) is 45.4 Å². The molecule has 2 atom stereocenters. The number of pyridine rings is 1. The van der Waals surface area contributed by atoms with E-state index in [1.807, 2.05) is 24.4 Å². The van der Waals surface area contributed by atoms with Gasteiger partial charge in [-0.3, -0.25) is 15.2 Å². The number of amidine groups is 1. The first-order chi connectivity index (χ1) is 14.9. The molecule has 0 aliphatic carbocycles. The van der Waals surface area contributed by atoms with Crippen molar-refractivity contribution < 1.29 is 9.53 Å². The van der Waals surface area contributed by atoms with E-state index in [0.717, 1.165) is 43.8 Å². The summed E-state index contributed by atoms with van der Waals surface area (Å²) in [4.78, 5) is 20.4. The maximum Gasteiger partial charge on any atom is 0.236 e. The lowest BCUT2D eigenvalue weighted by Gasteiger charge is -2.44. The third-order valence-corrected chi connectivity index (χ3v) is 8.05. The zero-order chi connectivity index (χ0) is 21.8. The molecule has 0 radical (unpaired) electrons. The number of likely N-dealkylation sites (tertiary alicyclic amines) is 1. The average molecular weight is 496 g/mol. The van der Waals surface area contributed by atoms with Crippen LogP contribution in [0.1, 0.15) is 35.3 Å². The fourth-order valence-corrected chi connectivity index (χ4v) is 6.13. The van der Waals surface area contributed by atoms with Crippen LogP contribution in [0.3, 0.4) is 0 Å². The molecule has 5 nitrogen and oxygen atoms in total. The molecule has 4 heterocycles. The summed E-state index contributed by atoms with van der Waals surface area (Å²) in [5.74, 6) is 0.879. The minimum atomic E-state index is -0.503. The van der Waals surface area contributed by atoms with Crippen LogP contribution < -0.4 is 4.74 Å². The van der Waals surface area contributed by atoms with Gasteiger partial charge in [0.05, 0.1) is 12.5 Å². The highest BCUT2D eigenvalue weighted by Crippen LogP contribution is 2.49. The van der Waals surface area contributed by atoms with Gasteiger partial charge in [0.25, 0.3) is 0 Å². The van der Waals surface area contributed by atoms with E-state index < -0.39 is 5.41 Å².